The number of phenolic OH excluding ortho intramolecular Hbond substituents is 1. The third-order valence-corrected chi connectivity index (χ3v) is 5.68. The van der Waals surface area contributed by atoms with E-state index in [4.69, 9.17) is 0 Å². The van der Waals surface area contributed by atoms with Crippen LogP contribution in [0.5, 0.6) is 5.75 Å². The van der Waals surface area contributed by atoms with Crippen LogP contribution in [0, 0.1) is 0 Å². The molecule has 0 atom stereocenters. The van der Waals surface area contributed by atoms with E-state index >= 15 is 0 Å². The molecule has 0 spiro atoms. The maximum atomic E-state index is 12.3. The molecule has 0 heterocycles. The van der Waals surface area contributed by atoms with Gasteiger partial charge in [0, 0.05) is 24.0 Å². The largest absolute Gasteiger partial charge is 0.508 e. The Hall–Kier alpha value is -2.75. The van der Waals surface area contributed by atoms with Crippen LogP contribution in [0.15, 0.2) is 54.6 Å². The molecule has 2 rings (SSSR count). The number of carbonyl (C=O) groups excluding carboxylic acids is 1. The highest BCUT2D eigenvalue weighted by atomic mass is 16.3. The molecule has 174 valence electrons. The van der Waals surface area contributed by atoms with Gasteiger partial charge >= 0.3 is 0 Å². The van der Waals surface area contributed by atoms with Crippen molar-refractivity contribution in [3.63, 3.8) is 0 Å². The van der Waals surface area contributed by atoms with Crippen molar-refractivity contribution in [3.05, 3.63) is 60.2 Å². The minimum absolute atomic E-state index is 0.165. The molecular formula is C28H40N2O2. The number of allylic oxidation sites excluding steroid dienone is 1. The Morgan fingerprint density at radius 3 is 1.91 bits per heavy atom. The SMILES string of the molecule is CCCCCCCCCCCCNc1ccc(NC(=O)C=C(C)c2ccc(O)cc2)cc1. The summed E-state index contributed by atoms with van der Waals surface area (Å²) < 4.78 is 0. The lowest BCUT2D eigenvalue weighted by Crippen LogP contribution is -2.08. The second-order valence-corrected chi connectivity index (χ2v) is 8.55. The number of rotatable bonds is 15. The Morgan fingerprint density at radius 2 is 1.31 bits per heavy atom. The van der Waals surface area contributed by atoms with Crippen molar-refractivity contribution in [3.8, 4) is 5.75 Å². The van der Waals surface area contributed by atoms with Crippen molar-refractivity contribution in [1.29, 1.82) is 0 Å². The third kappa shape index (κ3) is 10.5. The Bertz CT molecular complexity index is 810. The number of carbonyl (C=O) groups is 1. The van der Waals surface area contributed by atoms with Gasteiger partial charge in [0.15, 0.2) is 0 Å². The van der Waals surface area contributed by atoms with Gasteiger partial charge in [-0.05, 0) is 60.9 Å². The molecule has 3 N–H and O–H groups in total. The van der Waals surface area contributed by atoms with E-state index < -0.39 is 0 Å². The first-order chi connectivity index (χ1) is 15.6. The zero-order valence-corrected chi connectivity index (χ0v) is 19.8. The van der Waals surface area contributed by atoms with Gasteiger partial charge < -0.3 is 15.7 Å². The molecule has 0 aliphatic heterocycles. The zero-order valence-electron chi connectivity index (χ0n) is 19.8. The van der Waals surface area contributed by atoms with Crippen molar-refractivity contribution in [1.82, 2.24) is 0 Å². The van der Waals surface area contributed by atoms with Gasteiger partial charge in [-0.3, -0.25) is 4.79 Å². The van der Waals surface area contributed by atoms with Crippen LogP contribution in [0.25, 0.3) is 5.57 Å². The van der Waals surface area contributed by atoms with E-state index in [0.717, 1.165) is 29.1 Å². The highest BCUT2D eigenvalue weighted by molar-refractivity contribution is 6.03. The smallest absolute Gasteiger partial charge is 0.248 e. The van der Waals surface area contributed by atoms with E-state index in [-0.39, 0.29) is 11.7 Å². The molecule has 0 bridgehead atoms. The van der Waals surface area contributed by atoms with Crippen LogP contribution in [0.2, 0.25) is 0 Å². The van der Waals surface area contributed by atoms with Crippen LogP contribution in [-0.4, -0.2) is 17.6 Å². The van der Waals surface area contributed by atoms with Gasteiger partial charge in [-0.2, -0.15) is 0 Å². The lowest BCUT2D eigenvalue weighted by molar-refractivity contribution is -0.111. The van der Waals surface area contributed by atoms with Crippen LogP contribution in [0.1, 0.15) is 83.6 Å². The number of nitrogens with one attached hydrogen (secondary N) is 2. The first kappa shape index (κ1) is 25.5. The summed E-state index contributed by atoms with van der Waals surface area (Å²) in [6.07, 6.45) is 15.0. The number of amides is 1. The summed E-state index contributed by atoms with van der Waals surface area (Å²) in [7, 11) is 0. The lowest BCUT2D eigenvalue weighted by atomic mass is 10.1. The summed E-state index contributed by atoms with van der Waals surface area (Å²) in [5.41, 5.74) is 3.60. The standard InChI is InChI=1S/C28H40N2O2/c1-3-4-5-6-7-8-9-10-11-12-21-29-25-15-17-26(18-16-25)30-28(32)22-23(2)24-13-19-27(31)20-14-24/h13-20,22,29,31H,3-12,21H2,1-2H3,(H,30,32). The minimum Gasteiger partial charge on any atom is -0.508 e. The molecule has 0 fully saturated rings. The maximum Gasteiger partial charge on any atom is 0.248 e. The van der Waals surface area contributed by atoms with Crippen molar-refractivity contribution in [2.45, 2.75) is 78.1 Å². The first-order valence-electron chi connectivity index (χ1n) is 12.2. The molecule has 0 aromatic heterocycles. The van der Waals surface area contributed by atoms with Gasteiger partial charge in [-0.15, -0.1) is 0 Å². The Morgan fingerprint density at radius 1 is 0.781 bits per heavy atom. The number of hydrogen-bond donors (Lipinski definition) is 3. The number of benzene rings is 2. The topological polar surface area (TPSA) is 61.4 Å². The summed E-state index contributed by atoms with van der Waals surface area (Å²) in [5, 5.41) is 15.7. The number of phenols is 1. The second kappa shape index (κ2) is 15.1. The molecule has 32 heavy (non-hydrogen) atoms. The number of unbranched alkanes of at least 4 members (excludes halogenated alkanes) is 9. The van der Waals surface area contributed by atoms with Gasteiger partial charge in [-0.1, -0.05) is 76.8 Å². The van der Waals surface area contributed by atoms with E-state index in [0.29, 0.717) is 0 Å². The van der Waals surface area contributed by atoms with Gasteiger partial charge in [0.2, 0.25) is 5.91 Å². The Balaban J connectivity index is 1.61. The molecule has 0 aliphatic rings. The van der Waals surface area contributed by atoms with Gasteiger partial charge in [0.05, 0.1) is 0 Å². The fraction of sp³-hybridized carbons (Fsp3) is 0.464. The summed E-state index contributed by atoms with van der Waals surface area (Å²) in [4.78, 5) is 12.3. The van der Waals surface area contributed by atoms with E-state index in [1.54, 1.807) is 30.3 Å². The molecule has 0 saturated heterocycles. The van der Waals surface area contributed by atoms with E-state index in [1.807, 2.05) is 31.2 Å². The molecule has 0 aliphatic carbocycles. The molecule has 0 saturated carbocycles. The number of aromatic hydroxyl groups is 1. The molecule has 0 radical (unpaired) electrons. The van der Waals surface area contributed by atoms with Gasteiger partial charge in [-0.25, -0.2) is 0 Å². The third-order valence-electron chi connectivity index (χ3n) is 5.68. The predicted octanol–water partition coefficient (Wildman–Crippen LogP) is 7.77. The zero-order chi connectivity index (χ0) is 23.0. The summed E-state index contributed by atoms with van der Waals surface area (Å²) in [5.74, 6) is 0.0505. The predicted molar refractivity (Wildman–Crippen MR) is 137 cm³/mol. The van der Waals surface area contributed by atoms with Crippen LogP contribution < -0.4 is 10.6 Å². The normalized spacial score (nSPS) is 11.4. The van der Waals surface area contributed by atoms with Crippen LogP contribution >= 0.6 is 0 Å². The Labute approximate surface area is 194 Å². The molecule has 1 amide bonds. The minimum atomic E-state index is -0.165. The van der Waals surface area contributed by atoms with Crippen molar-refractivity contribution >= 4 is 22.9 Å². The molecular weight excluding hydrogens is 396 g/mol. The summed E-state index contributed by atoms with van der Waals surface area (Å²) in [6, 6.07) is 14.7. The summed E-state index contributed by atoms with van der Waals surface area (Å²) >= 11 is 0. The van der Waals surface area contributed by atoms with Crippen molar-refractivity contribution in [2.24, 2.45) is 0 Å². The van der Waals surface area contributed by atoms with E-state index in [2.05, 4.69) is 17.6 Å². The molecule has 0 unspecified atom stereocenters. The van der Waals surface area contributed by atoms with Gasteiger partial charge in [0.25, 0.3) is 0 Å². The lowest BCUT2D eigenvalue weighted by Gasteiger charge is -2.08. The number of hydrogen-bond acceptors (Lipinski definition) is 3. The number of anilines is 2. The van der Waals surface area contributed by atoms with Crippen molar-refractivity contribution < 1.29 is 9.90 Å². The average molecular weight is 437 g/mol. The van der Waals surface area contributed by atoms with Crippen LogP contribution in [0.4, 0.5) is 11.4 Å². The highest BCUT2D eigenvalue weighted by Crippen LogP contribution is 2.18. The molecule has 2 aromatic carbocycles. The average Bonchev–Trinajstić information content (AvgIpc) is 2.79. The maximum absolute atomic E-state index is 12.3. The second-order valence-electron chi connectivity index (χ2n) is 8.55. The fourth-order valence-corrected chi connectivity index (χ4v) is 3.70. The van der Waals surface area contributed by atoms with E-state index in [9.17, 15) is 9.90 Å². The first-order valence-corrected chi connectivity index (χ1v) is 12.2. The quantitative estimate of drug-likeness (QED) is 0.197. The van der Waals surface area contributed by atoms with E-state index in [1.165, 1.54) is 64.2 Å². The fourth-order valence-electron chi connectivity index (χ4n) is 3.70. The monoisotopic (exact) mass is 436 g/mol. The van der Waals surface area contributed by atoms with Crippen LogP contribution in [-0.2, 0) is 4.79 Å². The molecule has 4 nitrogen and oxygen atoms in total. The van der Waals surface area contributed by atoms with Gasteiger partial charge in [0.1, 0.15) is 5.75 Å². The molecule has 2 aromatic rings. The highest BCUT2D eigenvalue weighted by Gasteiger charge is 2.03. The summed E-state index contributed by atoms with van der Waals surface area (Å²) in [6.45, 7) is 5.13. The Kier molecular flexibility index (Phi) is 12.1. The van der Waals surface area contributed by atoms with Crippen molar-refractivity contribution in [2.75, 3.05) is 17.2 Å². The molecule has 4 heteroatoms. The van der Waals surface area contributed by atoms with Crippen LogP contribution in [0.3, 0.4) is 0 Å².